The summed E-state index contributed by atoms with van der Waals surface area (Å²) in [7, 11) is 0. The van der Waals surface area contributed by atoms with Crippen molar-refractivity contribution in [2.75, 3.05) is 0 Å². The molecule has 0 saturated heterocycles. The number of rotatable bonds is 3. The summed E-state index contributed by atoms with van der Waals surface area (Å²) in [6, 6.07) is 16.4. The third-order valence-corrected chi connectivity index (χ3v) is 1.96. The first kappa shape index (κ1) is 10.1. The van der Waals surface area contributed by atoms with E-state index < -0.39 is 0 Å². The molecular formula is C12H9N3O. The second-order valence-corrected chi connectivity index (χ2v) is 3.10. The lowest BCUT2D eigenvalue weighted by Crippen LogP contribution is -1.82. The van der Waals surface area contributed by atoms with E-state index in [2.05, 4.69) is 10.0 Å². The van der Waals surface area contributed by atoms with Crippen LogP contribution in [0.15, 0.2) is 59.7 Å². The molecule has 0 aliphatic rings. The maximum atomic E-state index is 8.32. The van der Waals surface area contributed by atoms with Crippen molar-refractivity contribution < 1.29 is 4.74 Å². The van der Waals surface area contributed by atoms with E-state index in [0.29, 0.717) is 11.4 Å². The van der Waals surface area contributed by atoms with Crippen LogP contribution in [-0.4, -0.2) is 0 Å². The Hall–Kier alpha value is -2.45. The summed E-state index contributed by atoms with van der Waals surface area (Å²) in [5, 5.41) is 3.51. The fraction of sp³-hybridized carbons (Fsp3) is 0. The van der Waals surface area contributed by atoms with Crippen LogP contribution < -0.4 is 4.74 Å². The van der Waals surface area contributed by atoms with Crippen LogP contribution in [0.1, 0.15) is 0 Å². The van der Waals surface area contributed by atoms with Crippen LogP contribution in [0.5, 0.6) is 11.5 Å². The zero-order valence-electron chi connectivity index (χ0n) is 8.45. The van der Waals surface area contributed by atoms with E-state index >= 15 is 0 Å². The third kappa shape index (κ3) is 2.53. The van der Waals surface area contributed by atoms with Crippen molar-refractivity contribution in [3.05, 3.63) is 65.0 Å². The van der Waals surface area contributed by atoms with Crippen molar-refractivity contribution in [2.45, 2.75) is 0 Å². The van der Waals surface area contributed by atoms with Gasteiger partial charge < -0.3 is 4.74 Å². The second-order valence-electron chi connectivity index (χ2n) is 3.10. The molecule has 0 aliphatic carbocycles. The molecule has 0 saturated carbocycles. The highest BCUT2D eigenvalue weighted by atomic mass is 16.5. The van der Waals surface area contributed by atoms with Crippen LogP contribution in [0.3, 0.4) is 0 Å². The van der Waals surface area contributed by atoms with Gasteiger partial charge in [0.05, 0.1) is 0 Å². The fourth-order valence-corrected chi connectivity index (χ4v) is 1.29. The zero-order valence-corrected chi connectivity index (χ0v) is 8.45. The monoisotopic (exact) mass is 211 g/mol. The molecular weight excluding hydrogens is 202 g/mol. The van der Waals surface area contributed by atoms with E-state index in [1.54, 1.807) is 18.2 Å². The molecule has 16 heavy (non-hydrogen) atoms. The molecule has 0 radical (unpaired) electrons. The van der Waals surface area contributed by atoms with Crippen LogP contribution in [-0.2, 0) is 0 Å². The molecule has 0 heterocycles. The Kier molecular flexibility index (Phi) is 3.07. The average Bonchev–Trinajstić information content (AvgIpc) is 2.31. The fourth-order valence-electron chi connectivity index (χ4n) is 1.29. The van der Waals surface area contributed by atoms with Crippen molar-refractivity contribution in [1.29, 1.82) is 0 Å². The van der Waals surface area contributed by atoms with Gasteiger partial charge in [0.2, 0.25) is 0 Å². The first-order chi connectivity index (χ1) is 7.88. The van der Waals surface area contributed by atoms with E-state index in [4.69, 9.17) is 10.3 Å². The summed E-state index contributed by atoms with van der Waals surface area (Å²) in [6.45, 7) is 0. The van der Waals surface area contributed by atoms with Crippen LogP contribution in [0, 0.1) is 0 Å². The molecule has 2 rings (SSSR count). The topological polar surface area (TPSA) is 58.0 Å². The van der Waals surface area contributed by atoms with Crippen LogP contribution >= 0.6 is 0 Å². The van der Waals surface area contributed by atoms with Gasteiger partial charge in [-0.3, -0.25) is 0 Å². The second kappa shape index (κ2) is 4.87. The molecule has 0 amide bonds. The van der Waals surface area contributed by atoms with Crippen LogP contribution in [0.25, 0.3) is 10.4 Å². The average molecular weight is 211 g/mol. The van der Waals surface area contributed by atoms with Crippen LogP contribution in [0.4, 0.5) is 5.69 Å². The smallest absolute Gasteiger partial charge is 0.127 e. The van der Waals surface area contributed by atoms with Crippen molar-refractivity contribution in [1.82, 2.24) is 0 Å². The third-order valence-electron chi connectivity index (χ3n) is 1.96. The lowest BCUT2D eigenvalue weighted by atomic mass is 10.3. The van der Waals surface area contributed by atoms with Gasteiger partial charge in [0.15, 0.2) is 0 Å². The van der Waals surface area contributed by atoms with Crippen molar-refractivity contribution in [3.8, 4) is 11.5 Å². The maximum absolute atomic E-state index is 8.32. The Bertz CT molecular complexity index is 519. The Morgan fingerprint density at radius 3 is 2.44 bits per heavy atom. The lowest BCUT2D eigenvalue weighted by Gasteiger charge is -2.05. The van der Waals surface area contributed by atoms with E-state index in [9.17, 15) is 0 Å². The highest BCUT2D eigenvalue weighted by Gasteiger charge is 1.96. The molecule has 2 aromatic carbocycles. The summed E-state index contributed by atoms with van der Waals surface area (Å²) in [6.07, 6.45) is 0. The minimum atomic E-state index is 0.538. The molecule has 78 valence electrons. The summed E-state index contributed by atoms with van der Waals surface area (Å²) in [5.41, 5.74) is 8.86. The van der Waals surface area contributed by atoms with Gasteiger partial charge in [-0.25, -0.2) is 0 Å². The summed E-state index contributed by atoms with van der Waals surface area (Å²) in [4.78, 5) is 2.72. The van der Waals surface area contributed by atoms with Gasteiger partial charge >= 0.3 is 0 Å². The molecule has 0 aliphatic heterocycles. The van der Waals surface area contributed by atoms with E-state index in [0.717, 1.165) is 5.75 Å². The number of hydrogen-bond donors (Lipinski definition) is 0. The van der Waals surface area contributed by atoms with Gasteiger partial charge in [0.1, 0.15) is 11.5 Å². The molecule has 4 heteroatoms. The SMILES string of the molecule is [N-]=[N+]=Nc1cccc(Oc2ccccc2)c1. The molecule has 0 N–H and O–H groups in total. The summed E-state index contributed by atoms with van der Waals surface area (Å²) >= 11 is 0. The van der Waals surface area contributed by atoms with Crippen molar-refractivity contribution in [2.24, 2.45) is 5.11 Å². The highest BCUT2D eigenvalue weighted by molar-refractivity contribution is 5.44. The Labute approximate surface area is 92.7 Å². The molecule has 0 fully saturated rings. The van der Waals surface area contributed by atoms with Gasteiger partial charge in [-0.15, -0.1) is 0 Å². The molecule has 2 aromatic rings. The minimum absolute atomic E-state index is 0.538. The zero-order chi connectivity index (χ0) is 11.2. The molecule has 0 bridgehead atoms. The van der Waals surface area contributed by atoms with Crippen LogP contribution in [0.2, 0.25) is 0 Å². The lowest BCUT2D eigenvalue weighted by molar-refractivity contribution is 0.483. The number of azide groups is 1. The highest BCUT2D eigenvalue weighted by Crippen LogP contribution is 2.25. The quantitative estimate of drug-likeness (QED) is 0.421. The molecule has 4 nitrogen and oxygen atoms in total. The van der Waals surface area contributed by atoms with E-state index in [1.165, 1.54) is 0 Å². The Morgan fingerprint density at radius 2 is 1.69 bits per heavy atom. The molecule has 0 atom stereocenters. The molecule has 0 spiro atoms. The largest absolute Gasteiger partial charge is 0.457 e. The summed E-state index contributed by atoms with van der Waals surface area (Å²) in [5.74, 6) is 1.40. The predicted molar refractivity (Wildman–Crippen MR) is 61.8 cm³/mol. The number of nitrogens with zero attached hydrogens (tertiary/aromatic N) is 3. The molecule has 0 unspecified atom stereocenters. The van der Waals surface area contributed by atoms with Crippen molar-refractivity contribution >= 4 is 5.69 Å². The molecule has 0 aromatic heterocycles. The van der Waals surface area contributed by atoms with Gasteiger partial charge in [-0.05, 0) is 29.8 Å². The number of para-hydroxylation sites is 1. The summed E-state index contributed by atoms with van der Waals surface area (Å²) < 4.78 is 5.58. The number of benzene rings is 2. The minimum Gasteiger partial charge on any atom is -0.457 e. The predicted octanol–water partition coefficient (Wildman–Crippen LogP) is 4.42. The van der Waals surface area contributed by atoms with Gasteiger partial charge in [0, 0.05) is 10.6 Å². The number of ether oxygens (including phenoxy) is 1. The number of hydrogen-bond acceptors (Lipinski definition) is 2. The van der Waals surface area contributed by atoms with E-state index in [-0.39, 0.29) is 0 Å². The Morgan fingerprint density at radius 1 is 0.938 bits per heavy atom. The van der Waals surface area contributed by atoms with E-state index in [1.807, 2.05) is 36.4 Å². The first-order valence-electron chi connectivity index (χ1n) is 4.76. The first-order valence-corrected chi connectivity index (χ1v) is 4.76. The van der Waals surface area contributed by atoms with Gasteiger partial charge in [-0.2, -0.15) is 0 Å². The Balaban J connectivity index is 2.22. The van der Waals surface area contributed by atoms with Gasteiger partial charge in [0.25, 0.3) is 0 Å². The maximum Gasteiger partial charge on any atom is 0.127 e. The van der Waals surface area contributed by atoms with Gasteiger partial charge in [-0.1, -0.05) is 35.4 Å². The van der Waals surface area contributed by atoms with Crippen molar-refractivity contribution in [3.63, 3.8) is 0 Å². The normalized spacial score (nSPS) is 9.25. The standard InChI is InChI=1S/C12H9N3O/c13-15-14-10-5-4-8-12(9-10)16-11-6-2-1-3-7-11/h1-9H.